The van der Waals surface area contributed by atoms with Crippen LogP contribution in [0.4, 0.5) is 5.69 Å². The van der Waals surface area contributed by atoms with Crippen LogP contribution in [0.25, 0.3) is 0 Å². The second-order valence-corrected chi connectivity index (χ2v) is 5.65. The molecular weight excluding hydrogens is 332 g/mol. The summed E-state index contributed by atoms with van der Waals surface area (Å²) in [5.74, 6) is -0.614. The predicted octanol–water partition coefficient (Wildman–Crippen LogP) is 1.69. The van der Waals surface area contributed by atoms with Crippen molar-refractivity contribution in [2.45, 2.75) is 26.3 Å². The van der Waals surface area contributed by atoms with Gasteiger partial charge in [-0.15, -0.1) is 0 Å². The van der Waals surface area contributed by atoms with Crippen LogP contribution < -0.4 is 14.8 Å². The molecule has 0 aliphatic heterocycles. The van der Waals surface area contributed by atoms with E-state index in [9.17, 15) is 19.7 Å². The molecule has 25 heavy (non-hydrogen) atoms. The third-order valence-electron chi connectivity index (χ3n) is 3.24. The predicted molar refractivity (Wildman–Crippen MR) is 88.5 cm³/mol. The van der Waals surface area contributed by atoms with E-state index < -0.39 is 29.4 Å². The Bertz CT molecular complexity index is 631. The summed E-state index contributed by atoms with van der Waals surface area (Å²) in [6.45, 7) is 3.39. The first-order valence-electron chi connectivity index (χ1n) is 7.60. The number of carbonyl (C=O) groups excluding carboxylic acids is 2. The molecule has 0 bridgehead atoms. The molecule has 0 aromatic heterocycles. The lowest BCUT2D eigenvalue weighted by molar-refractivity contribution is -0.385. The van der Waals surface area contributed by atoms with Crippen molar-refractivity contribution in [2.75, 3.05) is 20.8 Å². The van der Waals surface area contributed by atoms with Crippen LogP contribution >= 0.6 is 0 Å². The number of esters is 1. The van der Waals surface area contributed by atoms with Crippen molar-refractivity contribution in [3.05, 3.63) is 28.3 Å². The zero-order chi connectivity index (χ0) is 19.0. The van der Waals surface area contributed by atoms with Crippen LogP contribution in [0.3, 0.4) is 0 Å². The Morgan fingerprint density at radius 2 is 1.92 bits per heavy atom. The largest absolute Gasteiger partial charge is 0.493 e. The van der Waals surface area contributed by atoms with Gasteiger partial charge in [-0.2, -0.15) is 0 Å². The molecule has 1 amide bonds. The monoisotopic (exact) mass is 354 g/mol. The minimum absolute atomic E-state index is 0.0605. The number of carbonyl (C=O) groups is 2. The van der Waals surface area contributed by atoms with Gasteiger partial charge in [-0.1, -0.05) is 13.8 Å². The molecule has 0 aliphatic carbocycles. The van der Waals surface area contributed by atoms with Gasteiger partial charge in [0.25, 0.3) is 11.6 Å². The van der Waals surface area contributed by atoms with Gasteiger partial charge in [0.1, 0.15) is 6.04 Å². The number of hydrogen-bond acceptors (Lipinski definition) is 7. The summed E-state index contributed by atoms with van der Waals surface area (Å²) in [7, 11) is 2.62. The minimum atomic E-state index is -0.784. The molecule has 0 heterocycles. The second-order valence-electron chi connectivity index (χ2n) is 5.65. The van der Waals surface area contributed by atoms with Crippen LogP contribution in [-0.2, 0) is 14.3 Å². The van der Waals surface area contributed by atoms with E-state index in [1.165, 1.54) is 26.4 Å². The molecule has 138 valence electrons. The maximum absolute atomic E-state index is 12.0. The molecule has 0 saturated carbocycles. The van der Waals surface area contributed by atoms with Crippen molar-refractivity contribution in [3.8, 4) is 11.5 Å². The minimum Gasteiger partial charge on any atom is -0.493 e. The number of nitrogens with zero attached hydrogens (tertiary/aromatic N) is 1. The summed E-state index contributed by atoms with van der Waals surface area (Å²) in [5, 5.41) is 13.4. The molecule has 0 fully saturated rings. The van der Waals surface area contributed by atoms with E-state index in [1.807, 2.05) is 13.8 Å². The Hall–Kier alpha value is -2.84. The molecule has 1 aromatic rings. The lowest BCUT2D eigenvalue weighted by atomic mass is 10.0. The molecule has 1 aromatic carbocycles. The fourth-order valence-corrected chi connectivity index (χ4v) is 2.10. The number of nitro benzene ring substituents is 1. The standard InChI is InChI=1S/C16H22N2O7/c1-10(2)7-12(16(20)24-4)17-15(19)9-25-14-8-11(18(21)22)5-6-13(14)23-3/h5-6,8,10,12H,7,9H2,1-4H3,(H,17,19)/t12-/m0/s1. The lowest BCUT2D eigenvalue weighted by Crippen LogP contribution is -2.44. The number of non-ortho nitro benzene ring substituents is 1. The number of ether oxygens (including phenoxy) is 3. The van der Waals surface area contributed by atoms with Gasteiger partial charge in [0.2, 0.25) is 0 Å². The van der Waals surface area contributed by atoms with E-state index in [4.69, 9.17) is 9.47 Å². The summed E-state index contributed by atoms with van der Waals surface area (Å²) < 4.78 is 15.0. The normalized spacial score (nSPS) is 11.6. The van der Waals surface area contributed by atoms with E-state index >= 15 is 0 Å². The topological polar surface area (TPSA) is 117 Å². The first-order chi connectivity index (χ1) is 11.8. The van der Waals surface area contributed by atoms with Crippen LogP contribution in [0.2, 0.25) is 0 Å². The van der Waals surface area contributed by atoms with Crippen molar-refractivity contribution >= 4 is 17.6 Å². The maximum Gasteiger partial charge on any atom is 0.328 e. The fraction of sp³-hybridized carbons (Fsp3) is 0.500. The van der Waals surface area contributed by atoms with Gasteiger partial charge in [-0.05, 0) is 18.4 Å². The molecule has 9 nitrogen and oxygen atoms in total. The molecule has 0 spiro atoms. The Morgan fingerprint density at radius 1 is 1.24 bits per heavy atom. The zero-order valence-corrected chi connectivity index (χ0v) is 14.6. The molecule has 0 radical (unpaired) electrons. The molecule has 9 heteroatoms. The summed E-state index contributed by atoms with van der Waals surface area (Å²) >= 11 is 0. The third kappa shape index (κ3) is 6.28. The van der Waals surface area contributed by atoms with Gasteiger partial charge in [-0.25, -0.2) is 4.79 Å². The van der Waals surface area contributed by atoms with Crippen LogP contribution in [0.15, 0.2) is 18.2 Å². The Balaban J connectivity index is 2.76. The number of methoxy groups -OCH3 is 2. The van der Waals surface area contributed by atoms with Gasteiger partial charge in [-0.3, -0.25) is 14.9 Å². The number of nitrogens with one attached hydrogen (secondary N) is 1. The van der Waals surface area contributed by atoms with Crippen LogP contribution in [0, 0.1) is 16.0 Å². The smallest absolute Gasteiger partial charge is 0.328 e. The van der Waals surface area contributed by atoms with Crippen molar-refractivity contribution in [1.82, 2.24) is 5.32 Å². The van der Waals surface area contributed by atoms with E-state index in [0.29, 0.717) is 6.42 Å². The highest BCUT2D eigenvalue weighted by Crippen LogP contribution is 2.31. The number of hydrogen-bond donors (Lipinski definition) is 1. The Kier molecular flexibility index (Phi) is 7.64. The van der Waals surface area contributed by atoms with Crippen molar-refractivity contribution in [3.63, 3.8) is 0 Å². The summed E-state index contributed by atoms with van der Waals surface area (Å²) in [4.78, 5) is 34.0. The quantitative estimate of drug-likeness (QED) is 0.407. The average molecular weight is 354 g/mol. The first kappa shape index (κ1) is 20.2. The lowest BCUT2D eigenvalue weighted by Gasteiger charge is -2.18. The Labute approximate surface area is 145 Å². The number of benzene rings is 1. The van der Waals surface area contributed by atoms with Gasteiger partial charge in [0, 0.05) is 6.07 Å². The summed E-state index contributed by atoms with van der Waals surface area (Å²) in [6, 6.07) is 3.02. The van der Waals surface area contributed by atoms with Crippen LogP contribution in [0.5, 0.6) is 11.5 Å². The van der Waals surface area contributed by atoms with Crippen LogP contribution in [-0.4, -0.2) is 43.7 Å². The highest BCUT2D eigenvalue weighted by molar-refractivity contribution is 5.85. The average Bonchev–Trinajstić information content (AvgIpc) is 2.57. The fourth-order valence-electron chi connectivity index (χ4n) is 2.10. The first-order valence-corrected chi connectivity index (χ1v) is 7.60. The summed E-state index contributed by atoms with van der Waals surface area (Å²) in [6.07, 6.45) is 0.415. The van der Waals surface area contributed by atoms with Gasteiger partial charge >= 0.3 is 5.97 Å². The molecule has 0 aliphatic rings. The second kappa shape index (κ2) is 9.45. The molecule has 1 N–H and O–H groups in total. The van der Waals surface area contributed by atoms with Gasteiger partial charge < -0.3 is 19.5 Å². The van der Waals surface area contributed by atoms with E-state index in [0.717, 1.165) is 6.07 Å². The highest BCUT2D eigenvalue weighted by Gasteiger charge is 2.23. The van der Waals surface area contributed by atoms with Crippen LogP contribution in [0.1, 0.15) is 20.3 Å². The van der Waals surface area contributed by atoms with Gasteiger partial charge in [0.15, 0.2) is 18.1 Å². The zero-order valence-electron chi connectivity index (χ0n) is 14.6. The highest BCUT2D eigenvalue weighted by atomic mass is 16.6. The maximum atomic E-state index is 12.0. The number of rotatable bonds is 9. The van der Waals surface area contributed by atoms with E-state index in [1.54, 1.807) is 0 Å². The van der Waals surface area contributed by atoms with Crippen molar-refractivity contribution in [2.24, 2.45) is 5.92 Å². The molecule has 0 saturated heterocycles. The molecule has 1 atom stereocenters. The SMILES string of the molecule is COC(=O)[C@H](CC(C)C)NC(=O)COc1cc([N+](=O)[O-])ccc1OC. The molecular formula is C16H22N2O7. The Morgan fingerprint density at radius 3 is 2.44 bits per heavy atom. The molecule has 1 rings (SSSR count). The third-order valence-corrected chi connectivity index (χ3v) is 3.24. The number of nitro groups is 1. The molecule has 0 unspecified atom stereocenters. The number of amides is 1. The van der Waals surface area contributed by atoms with Gasteiger partial charge in [0.05, 0.1) is 25.2 Å². The van der Waals surface area contributed by atoms with Crippen molar-refractivity contribution in [1.29, 1.82) is 0 Å². The van der Waals surface area contributed by atoms with E-state index in [2.05, 4.69) is 10.1 Å². The van der Waals surface area contributed by atoms with E-state index in [-0.39, 0.29) is 23.1 Å². The van der Waals surface area contributed by atoms with Crippen molar-refractivity contribution < 1.29 is 28.7 Å². The summed E-state index contributed by atoms with van der Waals surface area (Å²) in [5.41, 5.74) is -0.191.